The van der Waals surface area contributed by atoms with Gasteiger partial charge in [0.05, 0.1) is 11.3 Å². The number of carbonyl (C=O) groups is 3. The summed E-state index contributed by atoms with van der Waals surface area (Å²) in [6, 6.07) is 45.4. The molecule has 0 aliphatic carbocycles. The van der Waals surface area contributed by atoms with Crippen molar-refractivity contribution in [2.75, 3.05) is 31.0 Å². The highest BCUT2D eigenvalue weighted by atomic mass is 32.2. The van der Waals surface area contributed by atoms with Crippen molar-refractivity contribution in [1.82, 2.24) is 15.2 Å². The maximum atomic E-state index is 14.2. The van der Waals surface area contributed by atoms with E-state index in [2.05, 4.69) is 52.2 Å². The average Bonchev–Trinajstić information content (AvgIpc) is 3.83. The number of oxime groups is 1. The van der Waals surface area contributed by atoms with Crippen LogP contribution in [0.1, 0.15) is 27.9 Å². The lowest BCUT2D eigenvalue weighted by molar-refractivity contribution is -0.153. The topological polar surface area (TPSA) is 149 Å². The zero-order chi connectivity index (χ0) is 45.6. The number of anilines is 1. The Morgan fingerprint density at radius 2 is 1.48 bits per heavy atom. The molecule has 7 aromatic rings. The molecule has 66 heavy (non-hydrogen) atoms. The lowest BCUT2D eigenvalue weighted by atomic mass is 9.77. The van der Waals surface area contributed by atoms with E-state index in [1.165, 1.54) is 58.2 Å². The number of β-lactam (4-membered cyclic amide) rings is 1. The summed E-state index contributed by atoms with van der Waals surface area (Å²) in [6.45, 7) is -0.0382. The number of nitrogens with zero attached hydrogens (tertiary/aromatic N) is 3. The van der Waals surface area contributed by atoms with Crippen LogP contribution in [0.2, 0.25) is 0 Å². The Kier molecular flexibility index (Phi) is 13.3. The molecule has 0 spiro atoms. The van der Waals surface area contributed by atoms with Crippen LogP contribution in [0.4, 0.5) is 5.13 Å². The van der Waals surface area contributed by atoms with Gasteiger partial charge in [0.1, 0.15) is 47.8 Å². The number of ether oxygens (including phenoxy) is 2. The van der Waals surface area contributed by atoms with E-state index in [0.29, 0.717) is 33.3 Å². The van der Waals surface area contributed by atoms with Crippen LogP contribution in [-0.2, 0) is 36.1 Å². The van der Waals surface area contributed by atoms with Gasteiger partial charge in [-0.25, -0.2) is 9.78 Å². The van der Waals surface area contributed by atoms with E-state index in [4.69, 9.17) is 19.3 Å². The quantitative estimate of drug-likeness (QED) is 0.0240. The number of nitrogens with one attached hydrogen (secondary N) is 2. The normalized spacial score (nSPS) is 16.0. The highest BCUT2D eigenvalue weighted by Gasteiger charge is 2.55. The molecule has 2 amide bonds. The van der Waals surface area contributed by atoms with E-state index >= 15 is 0 Å². The maximum Gasteiger partial charge on any atom is 0.355 e. The number of methoxy groups -OCH3 is 1. The first-order chi connectivity index (χ1) is 32.3. The summed E-state index contributed by atoms with van der Waals surface area (Å²) in [4.78, 5) is 66.8. The summed E-state index contributed by atoms with van der Waals surface area (Å²) in [5.41, 5.74) is 3.63. The molecule has 5 aromatic carbocycles. The number of aromatic nitrogens is 1. The highest BCUT2D eigenvalue weighted by Crippen LogP contribution is 2.44. The molecule has 0 saturated carbocycles. The molecular weight excluding hydrogens is 911 g/mol. The Morgan fingerprint density at radius 1 is 0.848 bits per heavy atom. The van der Waals surface area contributed by atoms with E-state index in [1.807, 2.05) is 72.8 Å². The number of fused-ring (bicyclic) bond motifs is 2. The SMILES string of the molecule is CO/N=C(\C(=O)NC1C(=O)N2C(C(=O)OCc3ccc(OC)cc3)=C(CSc3cc(=O)c4ccccc4s3)CS[C@@H]12)c1csc(NC(c2ccccc2)(c2ccccc2)c2ccccc2)n1. The van der Waals surface area contributed by atoms with Gasteiger partial charge in [0.25, 0.3) is 11.8 Å². The molecule has 332 valence electrons. The minimum Gasteiger partial charge on any atom is -0.497 e. The molecule has 0 bridgehead atoms. The lowest BCUT2D eigenvalue weighted by Gasteiger charge is -2.49. The fourth-order valence-corrected chi connectivity index (χ4v) is 12.4. The zero-order valence-corrected chi connectivity index (χ0v) is 38.8. The molecule has 2 aliphatic heterocycles. The van der Waals surface area contributed by atoms with Crippen molar-refractivity contribution in [3.8, 4) is 5.75 Å². The Balaban J connectivity index is 0.962. The molecule has 4 heterocycles. The minimum absolute atomic E-state index is 0.0382. The maximum absolute atomic E-state index is 14.2. The zero-order valence-electron chi connectivity index (χ0n) is 35.5. The summed E-state index contributed by atoms with van der Waals surface area (Å²) in [7, 11) is 2.91. The number of rotatable bonds is 16. The van der Waals surface area contributed by atoms with Crippen LogP contribution < -0.4 is 20.8 Å². The van der Waals surface area contributed by atoms with Gasteiger partial charge in [-0.1, -0.05) is 120 Å². The smallest absolute Gasteiger partial charge is 0.355 e. The Morgan fingerprint density at radius 3 is 2.12 bits per heavy atom. The second-order valence-corrected chi connectivity index (χ2v) is 19.4. The third kappa shape index (κ3) is 8.96. The first-order valence-electron chi connectivity index (χ1n) is 20.7. The van der Waals surface area contributed by atoms with Crippen LogP contribution in [-0.4, -0.2) is 70.5 Å². The monoisotopic (exact) mass is 951 g/mol. The molecule has 2 aliphatic rings. The first-order valence-corrected chi connectivity index (χ1v) is 24.5. The number of thioether (sulfide) groups is 2. The van der Waals surface area contributed by atoms with Crippen LogP contribution in [0.5, 0.6) is 5.75 Å². The fourth-order valence-electron chi connectivity index (χ4n) is 7.92. The highest BCUT2D eigenvalue weighted by molar-refractivity contribution is 8.02. The van der Waals surface area contributed by atoms with Gasteiger partial charge >= 0.3 is 5.97 Å². The summed E-state index contributed by atoms with van der Waals surface area (Å²) >= 11 is 5.64. The summed E-state index contributed by atoms with van der Waals surface area (Å²) < 4.78 is 12.7. The van der Waals surface area contributed by atoms with Gasteiger partial charge in [0, 0.05) is 33.0 Å². The van der Waals surface area contributed by atoms with Crippen LogP contribution in [0.15, 0.2) is 176 Å². The van der Waals surface area contributed by atoms with Crippen LogP contribution in [0.3, 0.4) is 0 Å². The van der Waals surface area contributed by atoms with Crippen molar-refractivity contribution in [3.63, 3.8) is 0 Å². The Hall–Kier alpha value is -6.72. The van der Waals surface area contributed by atoms with Gasteiger partial charge in [0.15, 0.2) is 16.3 Å². The van der Waals surface area contributed by atoms with Crippen molar-refractivity contribution in [3.05, 3.63) is 200 Å². The molecule has 12 nitrogen and oxygen atoms in total. The van der Waals surface area contributed by atoms with Gasteiger partial charge in [-0.3, -0.25) is 19.3 Å². The number of benzene rings is 5. The third-order valence-electron chi connectivity index (χ3n) is 11.1. The lowest BCUT2D eigenvalue weighted by Crippen LogP contribution is -2.71. The predicted molar refractivity (Wildman–Crippen MR) is 262 cm³/mol. The van der Waals surface area contributed by atoms with Crippen molar-refractivity contribution in [1.29, 1.82) is 0 Å². The molecule has 1 saturated heterocycles. The average molecular weight is 952 g/mol. The molecular formula is C50H41N5O7S4. The number of esters is 1. The van der Waals surface area contributed by atoms with Crippen molar-refractivity contribution >= 4 is 84.9 Å². The number of thiazole rings is 1. The standard InChI is InChI=1S/C50H41N5O7S4/c1-60-36-24-22-31(23-25-36)27-62-48(59)44-32(28-63-41-26-39(56)37-20-12-13-21-40(37)66-41)29-64-47-43(46(58)55(44)47)52-45(57)42(54-61-2)38-30-65-49(51-38)53-50(33-14-6-3-7-15-33,34-16-8-4-9-17-34)35-18-10-5-11-19-35/h3-26,30,43,47H,27-29H2,1-2H3,(H,51,53)(H,52,57)/b54-42-/t43?,47-/m0/s1. The minimum atomic E-state index is -0.994. The molecule has 2 N–H and O–H groups in total. The molecule has 1 unspecified atom stereocenters. The molecule has 16 heteroatoms. The molecule has 9 rings (SSSR count). The van der Waals surface area contributed by atoms with E-state index in [1.54, 1.807) is 48.9 Å². The summed E-state index contributed by atoms with van der Waals surface area (Å²) in [6.07, 6.45) is 0. The van der Waals surface area contributed by atoms with Gasteiger partial charge < -0.3 is 24.9 Å². The summed E-state index contributed by atoms with van der Waals surface area (Å²) in [5, 5.41) is 12.9. The van der Waals surface area contributed by atoms with Gasteiger partial charge in [-0.2, -0.15) is 0 Å². The first kappa shape index (κ1) is 44.5. The van der Waals surface area contributed by atoms with Crippen LogP contribution in [0, 0.1) is 0 Å². The number of hydrogen-bond donors (Lipinski definition) is 2. The second-order valence-electron chi connectivity index (χ2n) is 15.1. The molecule has 1 fully saturated rings. The fraction of sp³-hybridized carbons (Fsp3) is 0.160. The molecule has 2 aromatic heterocycles. The van der Waals surface area contributed by atoms with E-state index in [-0.39, 0.29) is 29.1 Å². The van der Waals surface area contributed by atoms with Crippen LogP contribution >= 0.6 is 46.2 Å². The largest absolute Gasteiger partial charge is 0.497 e. The van der Waals surface area contributed by atoms with E-state index in [0.717, 1.165) is 31.2 Å². The van der Waals surface area contributed by atoms with Gasteiger partial charge in [-0.05, 0) is 52.1 Å². The Bertz CT molecular complexity index is 2920. The number of carbonyl (C=O) groups excluding carboxylic acids is 3. The van der Waals surface area contributed by atoms with Crippen LogP contribution in [0.25, 0.3) is 10.1 Å². The summed E-state index contributed by atoms with van der Waals surface area (Å²) in [5.74, 6) is -0.463. The van der Waals surface area contributed by atoms with Crippen molar-refractivity contribution in [2.24, 2.45) is 5.16 Å². The van der Waals surface area contributed by atoms with Crippen molar-refractivity contribution in [2.45, 2.75) is 27.8 Å². The second kappa shape index (κ2) is 19.8. The van der Waals surface area contributed by atoms with E-state index < -0.39 is 34.7 Å². The van der Waals surface area contributed by atoms with E-state index in [9.17, 15) is 19.2 Å². The van der Waals surface area contributed by atoms with Gasteiger partial charge in [-0.15, -0.1) is 46.2 Å². The Labute approximate surface area is 396 Å². The predicted octanol–water partition coefficient (Wildman–Crippen LogP) is 8.67. The number of hydrogen-bond acceptors (Lipinski definition) is 14. The van der Waals surface area contributed by atoms with Gasteiger partial charge in [0.2, 0.25) is 0 Å². The third-order valence-corrected chi connectivity index (χ3v) is 15.6. The van der Waals surface area contributed by atoms with Crippen molar-refractivity contribution < 1.29 is 28.7 Å². The molecule has 0 radical (unpaired) electrons. The molecule has 2 atom stereocenters. The number of amides is 2.